The Balaban J connectivity index is 3.53. The third kappa shape index (κ3) is 2.60. The molecule has 0 aliphatic heterocycles. The van der Waals surface area contributed by atoms with E-state index in [0.29, 0.717) is 0 Å². The third-order valence-corrected chi connectivity index (χ3v) is 1.82. The summed E-state index contributed by atoms with van der Waals surface area (Å²) < 4.78 is 61.5. The van der Waals surface area contributed by atoms with E-state index in [1.54, 1.807) is 0 Å². The number of alkyl halides is 5. The number of carboxylic acids is 1. The normalized spacial score (nSPS) is 11.9. The largest absolute Gasteiger partial charge is 0.476 e. The first kappa shape index (κ1) is 13.1. The van der Waals surface area contributed by atoms with Crippen LogP contribution in [0.5, 0.6) is 0 Å². The molecule has 0 aromatic carbocycles. The van der Waals surface area contributed by atoms with E-state index in [2.05, 4.69) is 4.98 Å². The summed E-state index contributed by atoms with van der Waals surface area (Å²) in [4.78, 5) is 13.2. The van der Waals surface area contributed by atoms with Gasteiger partial charge in [-0.3, -0.25) is 0 Å². The van der Waals surface area contributed by atoms with Crippen LogP contribution in [0, 0.1) is 0 Å². The number of carbonyl (C=O) groups is 1. The van der Waals surface area contributed by atoms with Gasteiger partial charge in [-0.2, -0.15) is 13.2 Å². The van der Waals surface area contributed by atoms with Gasteiger partial charge in [0.2, 0.25) is 0 Å². The summed E-state index contributed by atoms with van der Waals surface area (Å²) in [6.45, 7) is 0. The number of aromatic carboxylic acids is 1. The molecule has 0 unspecified atom stereocenters. The highest BCUT2D eigenvalue weighted by Gasteiger charge is 2.36. The van der Waals surface area contributed by atoms with Gasteiger partial charge in [-0.05, 0) is 6.07 Å². The van der Waals surface area contributed by atoms with Gasteiger partial charge in [0, 0.05) is 5.56 Å². The zero-order chi connectivity index (χ0) is 13.4. The van der Waals surface area contributed by atoms with Gasteiger partial charge in [-0.25, -0.2) is 18.6 Å². The number of nitrogens with zero attached hydrogens (tertiary/aromatic N) is 1. The predicted octanol–water partition coefficient (Wildman–Crippen LogP) is 2.32. The summed E-state index contributed by atoms with van der Waals surface area (Å²) in [7, 11) is 0. The fourth-order valence-corrected chi connectivity index (χ4v) is 1.06. The second-order valence-electron chi connectivity index (χ2n) is 2.96. The first-order chi connectivity index (χ1) is 7.64. The van der Waals surface area contributed by atoms with Crippen molar-refractivity contribution in [1.82, 2.24) is 4.98 Å². The molecule has 1 heterocycles. The van der Waals surface area contributed by atoms with Gasteiger partial charge in [0.25, 0.3) is 6.43 Å². The van der Waals surface area contributed by atoms with Crippen LogP contribution < -0.4 is 5.73 Å². The summed E-state index contributed by atoms with van der Waals surface area (Å²) in [6.07, 6.45) is -8.35. The van der Waals surface area contributed by atoms with Crippen molar-refractivity contribution in [3.63, 3.8) is 0 Å². The maximum Gasteiger partial charge on any atom is 0.433 e. The molecule has 94 valence electrons. The molecule has 0 spiro atoms. The first-order valence-corrected chi connectivity index (χ1v) is 4.03. The van der Waals surface area contributed by atoms with E-state index in [9.17, 15) is 26.7 Å². The lowest BCUT2D eigenvalue weighted by Crippen LogP contribution is -2.16. The molecule has 17 heavy (non-hydrogen) atoms. The van der Waals surface area contributed by atoms with Gasteiger partial charge in [0.05, 0.1) is 5.69 Å². The van der Waals surface area contributed by atoms with Crippen molar-refractivity contribution in [2.45, 2.75) is 12.6 Å². The van der Waals surface area contributed by atoms with Crippen molar-refractivity contribution in [3.05, 3.63) is 23.0 Å². The van der Waals surface area contributed by atoms with E-state index >= 15 is 0 Å². The maximum atomic E-state index is 12.4. The van der Waals surface area contributed by atoms with Crippen LogP contribution in [0.1, 0.15) is 28.2 Å². The van der Waals surface area contributed by atoms with Gasteiger partial charge < -0.3 is 10.8 Å². The van der Waals surface area contributed by atoms with Crippen molar-refractivity contribution in [2.75, 3.05) is 5.73 Å². The number of rotatable bonds is 2. The van der Waals surface area contributed by atoms with Crippen molar-refractivity contribution in [2.24, 2.45) is 0 Å². The summed E-state index contributed by atoms with van der Waals surface area (Å²) in [5.74, 6) is -1.91. The van der Waals surface area contributed by atoms with E-state index < -0.39 is 41.2 Å². The third-order valence-electron chi connectivity index (χ3n) is 1.82. The molecule has 0 aliphatic rings. The summed E-state index contributed by atoms with van der Waals surface area (Å²) in [5.41, 5.74) is -0.132. The van der Waals surface area contributed by atoms with Gasteiger partial charge >= 0.3 is 12.1 Å². The quantitative estimate of drug-likeness (QED) is 0.796. The molecule has 0 saturated carbocycles. The van der Waals surface area contributed by atoms with Crippen LogP contribution in [-0.4, -0.2) is 16.1 Å². The van der Waals surface area contributed by atoms with Crippen LogP contribution >= 0.6 is 0 Å². The standard InChI is InChI=1S/C8H5F5N2O2/c9-6(10)2-1-3(8(11,12)13)15-5(4(2)14)7(16)17/h1,6H,14H2,(H,16,17). The molecule has 9 heteroatoms. The molecule has 0 atom stereocenters. The molecule has 1 rings (SSSR count). The predicted molar refractivity (Wildman–Crippen MR) is 45.6 cm³/mol. The Kier molecular flexibility index (Phi) is 3.21. The fraction of sp³-hybridized carbons (Fsp3) is 0.250. The highest BCUT2D eigenvalue weighted by molar-refractivity contribution is 5.92. The van der Waals surface area contributed by atoms with Crippen LogP contribution in [0.25, 0.3) is 0 Å². The highest BCUT2D eigenvalue weighted by Crippen LogP contribution is 2.34. The minimum Gasteiger partial charge on any atom is -0.476 e. The number of anilines is 1. The Hall–Kier alpha value is -1.93. The van der Waals surface area contributed by atoms with E-state index in [1.165, 1.54) is 0 Å². The van der Waals surface area contributed by atoms with Gasteiger partial charge in [-0.15, -0.1) is 0 Å². The smallest absolute Gasteiger partial charge is 0.433 e. The Morgan fingerprint density at radius 3 is 2.29 bits per heavy atom. The van der Waals surface area contributed by atoms with Crippen molar-refractivity contribution < 1.29 is 31.9 Å². The van der Waals surface area contributed by atoms with E-state index in [1.807, 2.05) is 0 Å². The molecule has 0 saturated heterocycles. The van der Waals surface area contributed by atoms with Gasteiger partial charge in [0.1, 0.15) is 5.69 Å². The van der Waals surface area contributed by atoms with Gasteiger partial charge in [-0.1, -0.05) is 0 Å². The van der Waals surface area contributed by atoms with Crippen molar-refractivity contribution in [3.8, 4) is 0 Å². The minimum atomic E-state index is -5.03. The summed E-state index contributed by atoms with van der Waals surface area (Å²) in [6, 6.07) is 0.0342. The molecule has 0 amide bonds. The summed E-state index contributed by atoms with van der Waals surface area (Å²) in [5, 5.41) is 8.51. The lowest BCUT2D eigenvalue weighted by molar-refractivity contribution is -0.141. The molecule has 1 aromatic rings. The topological polar surface area (TPSA) is 76.2 Å². The van der Waals surface area contributed by atoms with E-state index in [0.717, 1.165) is 0 Å². The SMILES string of the molecule is Nc1c(C(F)F)cc(C(F)(F)F)nc1C(=O)O. The molecular weight excluding hydrogens is 251 g/mol. The zero-order valence-electron chi connectivity index (χ0n) is 7.92. The van der Waals surface area contributed by atoms with Crippen molar-refractivity contribution in [1.29, 1.82) is 0 Å². The molecular formula is C8H5F5N2O2. The maximum absolute atomic E-state index is 12.4. The molecule has 4 nitrogen and oxygen atoms in total. The molecule has 0 aliphatic carbocycles. The Labute approximate surface area is 90.9 Å². The van der Waals surface area contributed by atoms with Crippen LogP contribution in [0.4, 0.5) is 27.6 Å². The lowest BCUT2D eigenvalue weighted by Gasteiger charge is -2.12. The molecule has 3 N–H and O–H groups in total. The monoisotopic (exact) mass is 256 g/mol. The van der Waals surface area contributed by atoms with Gasteiger partial charge in [0.15, 0.2) is 5.69 Å². The Morgan fingerprint density at radius 2 is 1.94 bits per heavy atom. The molecule has 0 fully saturated rings. The van der Waals surface area contributed by atoms with Crippen LogP contribution in [0.2, 0.25) is 0 Å². The number of nitrogen functional groups attached to an aromatic ring is 1. The Bertz CT molecular complexity index is 458. The minimum absolute atomic E-state index is 0.0342. The van der Waals surface area contributed by atoms with Crippen LogP contribution in [0.15, 0.2) is 6.07 Å². The van der Waals surface area contributed by atoms with Crippen molar-refractivity contribution >= 4 is 11.7 Å². The second-order valence-corrected chi connectivity index (χ2v) is 2.96. The molecule has 1 aromatic heterocycles. The summed E-state index contributed by atoms with van der Waals surface area (Å²) >= 11 is 0. The first-order valence-electron chi connectivity index (χ1n) is 4.03. The molecule has 0 bridgehead atoms. The number of aromatic nitrogens is 1. The lowest BCUT2D eigenvalue weighted by atomic mass is 10.1. The van der Waals surface area contributed by atoms with E-state index in [4.69, 9.17) is 10.8 Å². The number of hydrogen-bond acceptors (Lipinski definition) is 3. The average Bonchev–Trinajstić information content (AvgIpc) is 2.14. The average molecular weight is 256 g/mol. The highest BCUT2D eigenvalue weighted by atomic mass is 19.4. The van der Waals surface area contributed by atoms with Crippen LogP contribution in [-0.2, 0) is 6.18 Å². The fourth-order valence-electron chi connectivity index (χ4n) is 1.06. The number of halogens is 5. The number of nitrogens with two attached hydrogens (primary N) is 1. The Morgan fingerprint density at radius 1 is 1.41 bits per heavy atom. The van der Waals surface area contributed by atoms with Crippen LogP contribution in [0.3, 0.4) is 0 Å². The molecule has 0 radical (unpaired) electrons. The van der Waals surface area contributed by atoms with E-state index in [-0.39, 0.29) is 6.07 Å². The zero-order valence-corrected chi connectivity index (χ0v) is 7.92. The second kappa shape index (κ2) is 4.15. The number of pyridine rings is 1. The number of hydrogen-bond donors (Lipinski definition) is 2. The number of carboxylic acid groups (broad SMARTS) is 1.